The zero-order valence-electron chi connectivity index (χ0n) is 25.2. The van der Waals surface area contributed by atoms with E-state index in [4.69, 9.17) is 23.7 Å². The molecule has 0 N–H and O–H groups in total. The van der Waals surface area contributed by atoms with Crippen molar-refractivity contribution in [2.24, 2.45) is 0 Å². The summed E-state index contributed by atoms with van der Waals surface area (Å²) in [5.41, 5.74) is 0.267. The molecule has 2 aliphatic rings. The summed E-state index contributed by atoms with van der Waals surface area (Å²) in [4.78, 5) is 50.9. The number of nitro benzene ring substituents is 1. The number of carbonyl (C=O) groups excluding carboxylic acids is 3. The summed E-state index contributed by atoms with van der Waals surface area (Å²) < 4.78 is 27.6. The van der Waals surface area contributed by atoms with E-state index >= 15 is 0 Å². The number of rotatable bonds is 7. The van der Waals surface area contributed by atoms with Crippen molar-refractivity contribution in [1.82, 2.24) is 4.90 Å². The van der Waals surface area contributed by atoms with E-state index in [1.807, 2.05) is 24.3 Å². The normalized spacial score (nSPS) is 20.2. The van der Waals surface area contributed by atoms with Gasteiger partial charge in [0, 0.05) is 12.1 Å². The summed E-state index contributed by atoms with van der Waals surface area (Å²) in [5, 5.41) is 11.0. The molecule has 2 fully saturated rings. The van der Waals surface area contributed by atoms with Crippen LogP contribution in [0.15, 0.2) is 48.5 Å². The molecule has 0 unspecified atom stereocenters. The first kappa shape index (κ1) is 31.6. The molecular weight excluding hydrogens is 560 g/mol. The second kappa shape index (κ2) is 12.5. The van der Waals surface area contributed by atoms with Crippen molar-refractivity contribution in [3.05, 3.63) is 69.8 Å². The van der Waals surface area contributed by atoms with Gasteiger partial charge >= 0.3 is 18.4 Å². The van der Waals surface area contributed by atoms with Crippen LogP contribution in [0.25, 0.3) is 0 Å². The Morgan fingerprint density at radius 3 is 2.00 bits per heavy atom. The number of amides is 1. The fourth-order valence-electron chi connectivity index (χ4n) is 4.72. The Morgan fingerprint density at radius 2 is 1.47 bits per heavy atom. The number of nitro groups is 1. The average Bonchev–Trinajstić information content (AvgIpc) is 3.68. The lowest BCUT2D eigenvalue weighted by Gasteiger charge is -2.30. The minimum absolute atomic E-state index is 0.00872. The van der Waals surface area contributed by atoms with Crippen LogP contribution in [0.3, 0.4) is 0 Å². The van der Waals surface area contributed by atoms with Crippen LogP contribution in [-0.2, 0) is 25.4 Å². The highest BCUT2D eigenvalue weighted by atomic mass is 16.8. The second-order valence-corrected chi connectivity index (χ2v) is 12.7. The van der Waals surface area contributed by atoms with Crippen molar-refractivity contribution < 1.29 is 43.0 Å². The molecule has 0 radical (unpaired) electrons. The molecule has 12 nitrogen and oxygen atoms in total. The Balaban J connectivity index is 1.61. The molecular formula is C31H38N2O10. The molecule has 4 rings (SSSR count). The summed E-state index contributed by atoms with van der Waals surface area (Å²) in [5.74, 6) is 0.574. The zero-order valence-corrected chi connectivity index (χ0v) is 25.2. The van der Waals surface area contributed by atoms with Gasteiger partial charge in [-0.25, -0.2) is 14.4 Å². The van der Waals surface area contributed by atoms with Gasteiger partial charge in [0.1, 0.15) is 17.0 Å². The number of nitrogens with zero attached hydrogens (tertiary/aromatic N) is 2. The fraction of sp³-hybridized carbons (Fsp3) is 0.516. The first-order valence-corrected chi connectivity index (χ1v) is 14.2. The van der Waals surface area contributed by atoms with Crippen LogP contribution in [0, 0.1) is 10.1 Å². The Kier molecular flexibility index (Phi) is 9.17. The predicted octanol–water partition coefficient (Wildman–Crippen LogP) is 6.54. The van der Waals surface area contributed by atoms with Gasteiger partial charge in [-0.15, -0.1) is 0 Å². The van der Waals surface area contributed by atoms with E-state index in [1.54, 1.807) is 41.5 Å². The van der Waals surface area contributed by atoms with Crippen molar-refractivity contribution in [3.8, 4) is 5.75 Å². The number of non-ortho nitro benzene ring substituents is 1. The van der Waals surface area contributed by atoms with E-state index < -0.39 is 52.8 Å². The van der Waals surface area contributed by atoms with Crippen LogP contribution < -0.4 is 4.74 Å². The van der Waals surface area contributed by atoms with Gasteiger partial charge < -0.3 is 23.7 Å². The van der Waals surface area contributed by atoms with E-state index in [1.165, 1.54) is 34.7 Å². The lowest BCUT2D eigenvalue weighted by Crippen LogP contribution is -2.45. The summed E-state index contributed by atoms with van der Waals surface area (Å²) in [6.07, 6.45) is -2.50. The summed E-state index contributed by atoms with van der Waals surface area (Å²) in [7, 11) is 0. The molecule has 0 bridgehead atoms. The Labute approximate surface area is 250 Å². The van der Waals surface area contributed by atoms with E-state index in [0.717, 1.165) is 18.4 Å². The molecule has 0 aromatic heterocycles. The van der Waals surface area contributed by atoms with Gasteiger partial charge in [-0.2, -0.15) is 0 Å². The largest absolute Gasteiger partial charge is 0.514 e. The average molecular weight is 599 g/mol. The van der Waals surface area contributed by atoms with E-state index in [0.29, 0.717) is 5.92 Å². The van der Waals surface area contributed by atoms with E-state index in [9.17, 15) is 24.5 Å². The van der Waals surface area contributed by atoms with Crippen molar-refractivity contribution in [1.29, 1.82) is 0 Å². The molecule has 0 spiro atoms. The lowest BCUT2D eigenvalue weighted by atomic mass is 9.99. The molecule has 1 amide bonds. The van der Waals surface area contributed by atoms with Crippen molar-refractivity contribution in [2.75, 3.05) is 6.54 Å². The van der Waals surface area contributed by atoms with Crippen LogP contribution in [0.5, 0.6) is 5.75 Å². The highest BCUT2D eigenvalue weighted by molar-refractivity contribution is 5.70. The summed E-state index contributed by atoms with van der Waals surface area (Å²) >= 11 is 0. The van der Waals surface area contributed by atoms with Crippen LogP contribution in [0.1, 0.15) is 71.4 Å². The maximum Gasteiger partial charge on any atom is 0.514 e. The number of carbonyl (C=O) groups is 3. The standard InChI is InChI=1S/C31H38N2O10/c1-30(2,3)42-27(34)32-18-25(40-29(36)43-31(4,5)6)26(24(32)17-19-7-9-20(10-8-19)21-11-12-21)41-28(35)39-23-15-13-22(14-16-23)33(37)38/h7-10,13-16,21,24-26H,11-12,17-18H2,1-6H3/t24-,25+,26+/m1/s1. The fourth-order valence-corrected chi connectivity index (χ4v) is 4.72. The Morgan fingerprint density at radius 1 is 0.860 bits per heavy atom. The lowest BCUT2D eigenvalue weighted by molar-refractivity contribution is -0.384. The minimum atomic E-state index is -1.16. The molecule has 1 saturated heterocycles. The smallest absolute Gasteiger partial charge is 0.444 e. The van der Waals surface area contributed by atoms with Gasteiger partial charge in [0.15, 0.2) is 12.2 Å². The van der Waals surface area contributed by atoms with Crippen molar-refractivity contribution in [3.63, 3.8) is 0 Å². The monoisotopic (exact) mass is 598 g/mol. The number of hydrogen-bond donors (Lipinski definition) is 0. The molecule has 1 aliphatic carbocycles. The van der Waals surface area contributed by atoms with Gasteiger partial charge in [-0.05, 0) is 90.0 Å². The van der Waals surface area contributed by atoms with Gasteiger partial charge in [0.25, 0.3) is 5.69 Å². The van der Waals surface area contributed by atoms with Crippen molar-refractivity contribution >= 4 is 24.1 Å². The number of likely N-dealkylation sites (tertiary alicyclic amines) is 1. The van der Waals surface area contributed by atoms with Gasteiger partial charge in [0.2, 0.25) is 0 Å². The molecule has 3 atom stereocenters. The third-order valence-corrected chi connectivity index (χ3v) is 6.74. The van der Waals surface area contributed by atoms with Crippen LogP contribution in [-0.4, -0.2) is 64.2 Å². The third kappa shape index (κ3) is 9.07. The number of hydrogen-bond acceptors (Lipinski definition) is 10. The van der Waals surface area contributed by atoms with Gasteiger partial charge in [-0.1, -0.05) is 24.3 Å². The number of ether oxygens (including phenoxy) is 5. The predicted molar refractivity (Wildman–Crippen MR) is 154 cm³/mol. The maximum absolute atomic E-state index is 13.4. The van der Waals surface area contributed by atoms with E-state index in [2.05, 4.69) is 0 Å². The molecule has 1 saturated carbocycles. The third-order valence-electron chi connectivity index (χ3n) is 6.74. The molecule has 2 aromatic carbocycles. The summed E-state index contributed by atoms with van der Waals surface area (Å²) in [6.45, 7) is 10.1. The maximum atomic E-state index is 13.4. The SMILES string of the molecule is CC(C)(C)OC(=O)O[C@H]1CN(C(=O)OC(C)(C)C)[C@H](Cc2ccc(C3CC3)cc2)[C@@H]1OC(=O)Oc1ccc([N+](=O)[O-])cc1. The molecule has 12 heteroatoms. The van der Waals surface area contributed by atoms with Crippen LogP contribution in [0.4, 0.5) is 20.1 Å². The Hall–Kier alpha value is -4.35. The highest BCUT2D eigenvalue weighted by Gasteiger charge is 2.50. The van der Waals surface area contributed by atoms with Gasteiger partial charge in [-0.3, -0.25) is 15.0 Å². The van der Waals surface area contributed by atoms with Crippen LogP contribution in [0.2, 0.25) is 0 Å². The van der Waals surface area contributed by atoms with Crippen LogP contribution >= 0.6 is 0 Å². The molecule has 232 valence electrons. The molecule has 1 aliphatic heterocycles. The van der Waals surface area contributed by atoms with Crippen molar-refractivity contribution in [2.45, 2.75) is 96.2 Å². The minimum Gasteiger partial charge on any atom is -0.444 e. The zero-order chi connectivity index (χ0) is 31.5. The first-order chi connectivity index (χ1) is 20.1. The summed E-state index contributed by atoms with van der Waals surface area (Å²) in [6, 6.07) is 12.1. The topological polar surface area (TPSA) is 144 Å². The molecule has 2 aromatic rings. The molecule has 1 heterocycles. The highest BCUT2D eigenvalue weighted by Crippen LogP contribution is 2.40. The number of benzene rings is 2. The van der Waals surface area contributed by atoms with Gasteiger partial charge in [0.05, 0.1) is 17.5 Å². The van der Waals surface area contributed by atoms with E-state index in [-0.39, 0.29) is 24.4 Å². The second-order valence-electron chi connectivity index (χ2n) is 12.7. The molecule has 43 heavy (non-hydrogen) atoms. The Bertz CT molecular complexity index is 1320. The quantitative estimate of drug-likeness (QED) is 0.113. The first-order valence-electron chi connectivity index (χ1n) is 14.2.